The van der Waals surface area contributed by atoms with E-state index in [-0.39, 0.29) is 11.9 Å². The average Bonchev–Trinajstić information content (AvgIpc) is 2.84. The van der Waals surface area contributed by atoms with Crippen LogP contribution in [0.15, 0.2) is 12.4 Å². The number of rotatable bonds is 7. The van der Waals surface area contributed by atoms with Crippen molar-refractivity contribution in [2.24, 2.45) is 0 Å². The van der Waals surface area contributed by atoms with Gasteiger partial charge in [0.15, 0.2) is 0 Å². The summed E-state index contributed by atoms with van der Waals surface area (Å²) in [5.41, 5.74) is 1.14. The van der Waals surface area contributed by atoms with Crippen LogP contribution >= 0.6 is 0 Å². The first kappa shape index (κ1) is 17.4. The molecule has 0 spiro atoms. The molecule has 2 rings (SSSR count). The van der Waals surface area contributed by atoms with Gasteiger partial charge in [-0.1, -0.05) is 0 Å². The zero-order valence-corrected chi connectivity index (χ0v) is 14.4. The van der Waals surface area contributed by atoms with Crippen molar-refractivity contribution >= 4 is 10.0 Å². The van der Waals surface area contributed by atoms with E-state index in [4.69, 9.17) is 4.74 Å². The van der Waals surface area contributed by atoms with E-state index < -0.39 is 10.0 Å². The Kier molecular flexibility index (Phi) is 5.96. The van der Waals surface area contributed by atoms with Crippen molar-refractivity contribution in [3.05, 3.63) is 18.0 Å². The molecule has 0 amide bonds. The Labute approximate surface area is 132 Å². The molecule has 1 aromatic rings. The normalized spacial score (nSPS) is 20.6. The van der Waals surface area contributed by atoms with E-state index in [0.717, 1.165) is 31.7 Å². The number of nitrogens with zero attached hydrogens (tertiary/aromatic N) is 4. The maximum Gasteiger partial charge on any atom is 0.213 e. The van der Waals surface area contributed by atoms with Crippen LogP contribution in [0.3, 0.4) is 0 Å². The van der Waals surface area contributed by atoms with Gasteiger partial charge in [-0.05, 0) is 25.5 Å². The largest absolute Gasteiger partial charge is 0.374 e. The molecule has 0 radical (unpaired) electrons. The summed E-state index contributed by atoms with van der Waals surface area (Å²) >= 11 is 0. The zero-order chi connectivity index (χ0) is 16.2. The summed E-state index contributed by atoms with van der Waals surface area (Å²) < 4.78 is 32.5. The minimum atomic E-state index is -3.10. The van der Waals surface area contributed by atoms with Crippen LogP contribution in [-0.4, -0.2) is 79.6 Å². The number of sulfonamides is 1. The van der Waals surface area contributed by atoms with E-state index >= 15 is 0 Å². The fraction of sp³-hybridized carbons (Fsp3) is 0.786. The van der Waals surface area contributed by atoms with Gasteiger partial charge in [0.25, 0.3) is 0 Å². The van der Waals surface area contributed by atoms with Gasteiger partial charge in [0, 0.05) is 33.4 Å². The molecule has 0 aromatic carbocycles. The molecule has 126 valence electrons. The summed E-state index contributed by atoms with van der Waals surface area (Å²) in [7, 11) is 0.0541. The fourth-order valence-corrected chi connectivity index (χ4v) is 3.38. The molecule has 1 aliphatic rings. The van der Waals surface area contributed by atoms with Crippen molar-refractivity contribution in [3.63, 3.8) is 0 Å². The smallest absolute Gasteiger partial charge is 0.213 e. The molecule has 1 fully saturated rings. The second-order valence-corrected chi connectivity index (χ2v) is 8.29. The zero-order valence-electron chi connectivity index (χ0n) is 13.6. The van der Waals surface area contributed by atoms with Crippen molar-refractivity contribution in [1.82, 2.24) is 19.0 Å². The van der Waals surface area contributed by atoms with Gasteiger partial charge < -0.3 is 4.74 Å². The number of ether oxygens (including phenoxy) is 1. The van der Waals surface area contributed by atoms with Crippen LogP contribution < -0.4 is 0 Å². The Morgan fingerprint density at radius 1 is 1.45 bits per heavy atom. The summed E-state index contributed by atoms with van der Waals surface area (Å²) in [5.74, 6) is 0.195. The Morgan fingerprint density at radius 2 is 2.23 bits per heavy atom. The Hall–Kier alpha value is -0.960. The maximum atomic E-state index is 11.8. The molecule has 1 aliphatic heterocycles. The van der Waals surface area contributed by atoms with Gasteiger partial charge in [0.05, 0.1) is 31.2 Å². The molecule has 0 unspecified atom stereocenters. The predicted molar refractivity (Wildman–Crippen MR) is 85.2 cm³/mol. The van der Waals surface area contributed by atoms with Crippen molar-refractivity contribution in [1.29, 1.82) is 0 Å². The first-order valence-corrected chi connectivity index (χ1v) is 9.21. The van der Waals surface area contributed by atoms with Crippen LogP contribution in [-0.2, 0) is 21.3 Å². The summed E-state index contributed by atoms with van der Waals surface area (Å²) in [5, 5.41) is 4.28. The van der Waals surface area contributed by atoms with Gasteiger partial charge >= 0.3 is 0 Å². The van der Waals surface area contributed by atoms with Crippen molar-refractivity contribution in [3.8, 4) is 0 Å². The van der Waals surface area contributed by atoms with Crippen LogP contribution in [0.1, 0.15) is 12.0 Å². The second-order valence-electron chi connectivity index (χ2n) is 5.99. The lowest BCUT2D eigenvalue weighted by atomic mass is 10.2. The fourth-order valence-electron chi connectivity index (χ4n) is 2.52. The maximum absolute atomic E-state index is 11.8. The van der Waals surface area contributed by atoms with E-state index in [9.17, 15) is 8.42 Å². The monoisotopic (exact) mass is 330 g/mol. The molecule has 2 heterocycles. The molecule has 0 N–H and O–H groups in total. The molecule has 1 atom stereocenters. The lowest BCUT2D eigenvalue weighted by Gasteiger charge is -2.32. The molecular weight excluding hydrogens is 304 g/mol. The van der Waals surface area contributed by atoms with E-state index in [0.29, 0.717) is 13.0 Å². The molecule has 22 heavy (non-hydrogen) atoms. The van der Waals surface area contributed by atoms with Gasteiger partial charge in [-0.15, -0.1) is 0 Å². The van der Waals surface area contributed by atoms with Crippen molar-refractivity contribution in [2.45, 2.75) is 26.0 Å². The molecule has 0 aliphatic carbocycles. The van der Waals surface area contributed by atoms with Gasteiger partial charge in [-0.2, -0.15) is 5.10 Å². The number of aromatic nitrogens is 2. The standard InChI is InChI=1S/C14H26N4O3S/c1-13-9-15-18(10-13)12-14-11-17(6-7-21-14)5-4-8-22(19,20)16(2)3/h9-10,14H,4-8,11-12H2,1-3H3/t14-/m0/s1. The van der Waals surface area contributed by atoms with Crippen molar-refractivity contribution in [2.75, 3.05) is 46.1 Å². The lowest BCUT2D eigenvalue weighted by molar-refractivity contribution is -0.0373. The quantitative estimate of drug-likeness (QED) is 0.713. The van der Waals surface area contributed by atoms with E-state index in [1.807, 2.05) is 24.0 Å². The average molecular weight is 330 g/mol. The lowest BCUT2D eigenvalue weighted by Crippen LogP contribution is -2.45. The molecular formula is C14H26N4O3S. The van der Waals surface area contributed by atoms with Crippen LogP contribution in [0.5, 0.6) is 0 Å². The molecule has 1 aromatic heterocycles. The van der Waals surface area contributed by atoms with Gasteiger partial charge in [0.1, 0.15) is 0 Å². The summed E-state index contributed by atoms with van der Waals surface area (Å²) in [4.78, 5) is 2.27. The summed E-state index contributed by atoms with van der Waals surface area (Å²) in [6.07, 6.45) is 4.60. The highest BCUT2D eigenvalue weighted by Crippen LogP contribution is 2.09. The first-order valence-electron chi connectivity index (χ1n) is 7.60. The number of aryl methyl sites for hydroxylation is 1. The summed E-state index contributed by atoms with van der Waals surface area (Å²) in [6.45, 7) is 5.90. The van der Waals surface area contributed by atoms with Crippen molar-refractivity contribution < 1.29 is 13.2 Å². The third kappa shape index (κ3) is 5.05. The topological polar surface area (TPSA) is 67.7 Å². The Balaban J connectivity index is 1.76. The number of morpholine rings is 1. The van der Waals surface area contributed by atoms with E-state index in [1.165, 1.54) is 4.31 Å². The van der Waals surface area contributed by atoms with Crippen LogP contribution in [0, 0.1) is 6.92 Å². The molecule has 0 saturated carbocycles. The van der Waals surface area contributed by atoms with Crippen LogP contribution in [0.4, 0.5) is 0 Å². The van der Waals surface area contributed by atoms with Gasteiger partial charge in [-0.3, -0.25) is 9.58 Å². The minimum Gasteiger partial charge on any atom is -0.374 e. The molecule has 0 bridgehead atoms. The van der Waals surface area contributed by atoms with Crippen LogP contribution in [0.25, 0.3) is 0 Å². The Morgan fingerprint density at radius 3 is 2.86 bits per heavy atom. The van der Waals surface area contributed by atoms with E-state index in [1.54, 1.807) is 14.1 Å². The van der Waals surface area contributed by atoms with Crippen LogP contribution in [0.2, 0.25) is 0 Å². The third-order valence-corrected chi connectivity index (χ3v) is 5.73. The third-order valence-electron chi connectivity index (χ3n) is 3.81. The minimum absolute atomic E-state index is 0.110. The molecule has 8 heteroatoms. The number of hydrogen-bond donors (Lipinski definition) is 0. The second kappa shape index (κ2) is 7.54. The summed E-state index contributed by atoms with van der Waals surface area (Å²) in [6, 6.07) is 0. The highest BCUT2D eigenvalue weighted by atomic mass is 32.2. The highest BCUT2D eigenvalue weighted by molar-refractivity contribution is 7.89. The Bertz CT molecular complexity index is 570. The van der Waals surface area contributed by atoms with E-state index in [2.05, 4.69) is 10.00 Å². The first-order chi connectivity index (χ1) is 10.4. The molecule has 1 saturated heterocycles. The molecule has 7 nitrogen and oxygen atoms in total. The predicted octanol–water partition coefficient (Wildman–Crippen LogP) is 0.174. The van der Waals surface area contributed by atoms with Gasteiger partial charge in [-0.25, -0.2) is 12.7 Å². The highest BCUT2D eigenvalue weighted by Gasteiger charge is 2.22. The number of hydrogen-bond acceptors (Lipinski definition) is 5. The van der Waals surface area contributed by atoms with Gasteiger partial charge in [0.2, 0.25) is 10.0 Å². The SMILES string of the molecule is Cc1cnn(C[C@@H]2CN(CCCS(=O)(=O)N(C)C)CCO2)c1.